The number of benzene rings is 2. The molecule has 0 N–H and O–H groups in total. The Kier molecular flexibility index (Phi) is 8.46. The summed E-state index contributed by atoms with van der Waals surface area (Å²) in [6, 6.07) is 22.1. The number of esters is 1. The first-order valence-electron chi connectivity index (χ1n) is 13.4. The Hall–Kier alpha value is -4.19. The number of rotatable bonds is 8. The molecule has 0 saturated heterocycles. The molecule has 5 aromatic rings. The van der Waals surface area contributed by atoms with Gasteiger partial charge in [-0.2, -0.15) is 0 Å². The average Bonchev–Trinajstić information content (AvgIpc) is 3.59. The van der Waals surface area contributed by atoms with E-state index in [-0.39, 0.29) is 12.2 Å². The van der Waals surface area contributed by atoms with Gasteiger partial charge < -0.3 is 9.15 Å². The largest absolute Gasteiger partial charge is 0.463 e. The minimum absolute atomic E-state index is 0.194. The van der Waals surface area contributed by atoms with Crippen molar-refractivity contribution in [3.8, 4) is 0 Å². The lowest BCUT2D eigenvalue weighted by Crippen LogP contribution is -2.40. The molecule has 1 atom stereocenters. The molecule has 0 saturated carbocycles. The highest BCUT2D eigenvalue weighted by atomic mass is 32.2. The molecule has 11 heteroatoms. The Morgan fingerprint density at radius 3 is 2.60 bits per heavy atom. The van der Waals surface area contributed by atoms with E-state index in [1.54, 1.807) is 41.6 Å². The van der Waals surface area contributed by atoms with Crippen LogP contribution in [0.3, 0.4) is 0 Å². The molecule has 0 fully saturated rings. The Balaban J connectivity index is 1.51. The lowest BCUT2D eigenvalue weighted by atomic mass is 9.93. The Bertz CT molecular complexity index is 2010. The summed E-state index contributed by atoms with van der Waals surface area (Å²) < 4.78 is 13.6. The van der Waals surface area contributed by atoms with Gasteiger partial charge in [0.25, 0.3) is 5.56 Å². The molecule has 0 aliphatic carbocycles. The van der Waals surface area contributed by atoms with E-state index in [0.29, 0.717) is 36.6 Å². The van der Waals surface area contributed by atoms with Gasteiger partial charge >= 0.3 is 5.97 Å². The van der Waals surface area contributed by atoms with Crippen molar-refractivity contribution in [2.24, 2.45) is 4.99 Å². The highest BCUT2D eigenvalue weighted by Gasteiger charge is 2.35. The van der Waals surface area contributed by atoms with Crippen molar-refractivity contribution in [2.75, 3.05) is 12.9 Å². The van der Waals surface area contributed by atoms with Gasteiger partial charge in [-0.25, -0.2) is 19.8 Å². The summed E-state index contributed by atoms with van der Waals surface area (Å²) in [7, 11) is 0. The van der Waals surface area contributed by atoms with Crippen LogP contribution in [-0.2, 0) is 9.53 Å². The van der Waals surface area contributed by atoms with Gasteiger partial charge in [0.05, 0.1) is 28.5 Å². The third-order valence-corrected chi connectivity index (χ3v) is 9.17. The van der Waals surface area contributed by atoms with Gasteiger partial charge in [-0.15, -0.1) is 11.8 Å². The summed E-state index contributed by atoms with van der Waals surface area (Å²) in [5, 5.41) is 1.18. The Labute approximate surface area is 259 Å². The van der Waals surface area contributed by atoms with Gasteiger partial charge in [0.2, 0.25) is 0 Å². The molecular weight excluding hydrogens is 601 g/mol. The first kappa shape index (κ1) is 28.9. The Morgan fingerprint density at radius 2 is 1.88 bits per heavy atom. The second kappa shape index (κ2) is 12.6. The minimum atomic E-state index is -0.732. The van der Waals surface area contributed by atoms with Gasteiger partial charge in [-0.3, -0.25) is 9.36 Å². The minimum Gasteiger partial charge on any atom is -0.463 e. The average molecular weight is 627 g/mol. The maximum Gasteiger partial charge on any atom is 0.338 e. The third-order valence-electron chi connectivity index (χ3n) is 6.65. The van der Waals surface area contributed by atoms with Crippen LogP contribution in [0.5, 0.6) is 0 Å². The van der Waals surface area contributed by atoms with Crippen LogP contribution in [0.4, 0.5) is 0 Å². The Morgan fingerprint density at radius 1 is 1.09 bits per heavy atom. The second-order valence-corrected chi connectivity index (χ2v) is 12.3. The highest BCUT2D eigenvalue weighted by molar-refractivity contribution is 7.99. The molecule has 1 aliphatic heterocycles. The molecule has 4 heterocycles. The van der Waals surface area contributed by atoms with Gasteiger partial charge in [0.15, 0.2) is 15.1 Å². The summed E-state index contributed by atoms with van der Waals surface area (Å²) >= 11 is 4.17. The van der Waals surface area contributed by atoms with E-state index in [2.05, 4.69) is 9.97 Å². The van der Waals surface area contributed by atoms with Crippen LogP contribution in [0, 0.1) is 6.92 Å². The molecule has 0 amide bonds. The molecule has 3 aromatic heterocycles. The number of thiazole rings is 1. The maximum absolute atomic E-state index is 14.1. The predicted octanol–water partition coefficient (Wildman–Crippen LogP) is 5.50. The van der Waals surface area contributed by atoms with Crippen molar-refractivity contribution >= 4 is 52.6 Å². The van der Waals surface area contributed by atoms with Crippen molar-refractivity contribution in [3.63, 3.8) is 0 Å². The standard InChI is InChI=1S/C32H26N4O4S3/c1-4-39-30(38)26-27(20-8-6-5-7-9-20)35-32-36(28(26)21-10-13-23(41-3)14-11-21)29(37)24(42-32)18-22-12-15-25(40-22)43-31-33-17-16-19(2)34-31/h5-18,28H,4H2,1-3H3/b24-18+/t28-/m0/s1. The zero-order chi connectivity index (χ0) is 29.9. The van der Waals surface area contributed by atoms with E-state index in [9.17, 15) is 9.59 Å². The number of hydrogen-bond acceptors (Lipinski definition) is 10. The number of furan rings is 1. The number of nitrogens with zero attached hydrogens (tertiary/aromatic N) is 4. The molecule has 2 aromatic carbocycles. The van der Waals surface area contributed by atoms with E-state index >= 15 is 0 Å². The van der Waals surface area contributed by atoms with Crippen LogP contribution < -0.4 is 14.9 Å². The topological polar surface area (TPSA) is 99.6 Å². The SMILES string of the molecule is CCOC(=O)C1=C(c2ccccc2)N=c2s/c(=C/c3ccc(Sc4nccc(C)n4)o3)c(=O)n2[C@H]1c1ccc(SC)cc1. The number of aromatic nitrogens is 3. The van der Waals surface area contributed by atoms with E-state index in [0.717, 1.165) is 21.7 Å². The molecule has 43 heavy (non-hydrogen) atoms. The van der Waals surface area contributed by atoms with Gasteiger partial charge in [0, 0.05) is 28.4 Å². The fraction of sp³-hybridized carbons (Fsp3) is 0.156. The number of carbonyl (C=O) groups excluding carboxylic acids is 1. The summed E-state index contributed by atoms with van der Waals surface area (Å²) in [4.78, 5) is 42.8. The van der Waals surface area contributed by atoms with Crippen molar-refractivity contribution in [1.29, 1.82) is 0 Å². The fourth-order valence-corrected chi connectivity index (χ4v) is 6.85. The molecule has 0 radical (unpaired) electrons. The third kappa shape index (κ3) is 6.01. The number of ether oxygens (including phenoxy) is 1. The number of thioether (sulfide) groups is 1. The van der Waals surface area contributed by atoms with Gasteiger partial charge in [0.1, 0.15) is 5.76 Å². The van der Waals surface area contributed by atoms with E-state index < -0.39 is 12.0 Å². The maximum atomic E-state index is 14.1. The van der Waals surface area contributed by atoms with Crippen molar-refractivity contribution < 1.29 is 13.9 Å². The summed E-state index contributed by atoms with van der Waals surface area (Å²) in [5.74, 6) is -0.00132. The second-order valence-electron chi connectivity index (χ2n) is 9.44. The van der Waals surface area contributed by atoms with Crippen LogP contribution in [0.15, 0.2) is 114 Å². The van der Waals surface area contributed by atoms with Crippen LogP contribution >= 0.6 is 34.9 Å². The smallest absolute Gasteiger partial charge is 0.338 e. The summed E-state index contributed by atoms with van der Waals surface area (Å²) in [6.07, 6.45) is 5.41. The molecule has 0 bridgehead atoms. The number of hydrogen-bond donors (Lipinski definition) is 0. The quantitative estimate of drug-likeness (QED) is 0.127. The molecular formula is C32H26N4O4S3. The normalized spacial score (nSPS) is 14.9. The molecule has 0 spiro atoms. The lowest BCUT2D eigenvalue weighted by Gasteiger charge is -2.26. The van der Waals surface area contributed by atoms with Crippen LogP contribution in [0.2, 0.25) is 0 Å². The number of aryl methyl sites for hydroxylation is 1. The first-order chi connectivity index (χ1) is 20.9. The first-order valence-corrected chi connectivity index (χ1v) is 16.3. The molecule has 0 unspecified atom stereocenters. The lowest BCUT2D eigenvalue weighted by molar-refractivity contribution is -0.138. The number of carbonyl (C=O) groups is 1. The van der Waals surface area contributed by atoms with Crippen LogP contribution in [-0.4, -0.2) is 33.4 Å². The zero-order valence-corrected chi connectivity index (χ0v) is 26.0. The van der Waals surface area contributed by atoms with Gasteiger partial charge in [-0.05, 0) is 67.8 Å². The van der Waals surface area contributed by atoms with E-state index in [1.165, 1.54) is 23.1 Å². The summed E-state index contributed by atoms with van der Waals surface area (Å²) in [6.45, 7) is 3.86. The molecule has 8 nitrogen and oxygen atoms in total. The van der Waals surface area contributed by atoms with Crippen LogP contribution in [0.25, 0.3) is 11.8 Å². The highest BCUT2D eigenvalue weighted by Crippen LogP contribution is 2.35. The molecule has 216 valence electrons. The number of fused-ring (bicyclic) bond motifs is 1. The van der Waals surface area contributed by atoms with Crippen molar-refractivity contribution in [2.45, 2.75) is 35.0 Å². The van der Waals surface area contributed by atoms with Crippen LogP contribution in [0.1, 0.15) is 35.5 Å². The predicted molar refractivity (Wildman–Crippen MR) is 169 cm³/mol. The van der Waals surface area contributed by atoms with E-state index in [1.807, 2.05) is 79.9 Å². The fourth-order valence-electron chi connectivity index (χ4n) is 4.70. The summed E-state index contributed by atoms with van der Waals surface area (Å²) in [5.41, 5.74) is 2.94. The van der Waals surface area contributed by atoms with Crippen molar-refractivity contribution in [3.05, 3.63) is 127 Å². The molecule has 1 aliphatic rings. The molecule has 6 rings (SSSR count). The van der Waals surface area contributed by atoms with E-state index in [4.69, 9.17) is 14.1 Å². The monoisotopic (exact) mass is 626 g/mol. The van der Waals surface area contributed by atoms with Gasteiger partial charge in [-0.1, -0.05) is 53.8 Å². The zero-order valence-electron chi connectivity index (χ0n) is 23.5. The van der Waals surface area contributed by atoms with Crippen molar-refractivity contribution in [1.82, 2.24) is 14.5 Å².